The third-order valence-corrected chi connectivity index (χ3v) is 6.17. The highest BCUT2D eigenvalue weighted by molar-refractivity contribution is 5.24. The standard InChI is InChI=1S/C28H56N2/c1-14-17-28(18-15-2,19-23(4)5)30(26(12,16-3)20-24(6,7)8)27(13,22-29)21-25(9,10)11/h14-15,17-18,23H,16,19-22,29H2,1-13H3. The van der Waals surface area contributed by atoms with Gasteiger partial charge in [-0.15, -0.1) is 0 Å². The van der Waals surface area contributed by atoms with Gasteiger partial charge in [0.05, 0.1) is 5.54 Å². The lowest BCUT2D eigenvalue weighted by Crippen LogP contribution is -2.70. The minimum atomic E-state index is -0.160. The number of hydrogen-bond donors (Lipinski definition) is 1. The Labute approximate surface area is 190 Å². The third kappa shape index (κ3) is 8.15. The number of rotatable bonds is 11. The Morgan fingerprint density at radius 3 is 1.43 bits per heavy atom. The van der Waals surface area contributed by atoms with Crippen LogP contribution in [0.5, 0.6) is 0 Å². The molecule has 0 saturated carbocycles. The third-order valence-electron chi connectivity index (χ3n) is 6.17. The molecule has 0 rings (SSSR count). The molecular weight excluding hydrogens is 364 g/mol. The lowest BCUT2D eigenvalue weighted by Gasteiger charge is -2.61. The molecule has 2 unspecified atom stereocenters. The molecule has 0 radical (unpaired) electrons. The van der Waals surface area contributed by atoms with Crippen LogP contribution in [0.1, 0.15) is 116 Å². The predicted octanol–water partition coefficient (Wildman–Crippen LogP) is 7.98. The Balaban J connectivity index is 7.22. The van der Waals surface area contributed by atoms with Crippen LogP contribution in [0.3, 0.4) is 0 Å². The molecule has 0 fully saturated rings. The highest BCUT2D eigenvalue weighted by Gasteiger charge is 2.52. The van der Waals surface area contributed by atoms with Crippen LogP contribution in [-0.2, 0) is 0 Å². The van der Waals surface area contributed by atoms with E-state index in [1.165, 1.54) is 0 Å². The Bertz CT molecular complexity index is 516. The van der Waals surface area contributed by atoms with Crippen molar-refractivity contribution in [3.63, 3.8) is 0 Å². The molecule has 2 atom stereocenters. The normalized spacial score (nSPS) is 20.1. The Morgan fingerprint density at radius 2 is 1.17 bits per heavy atom. The average molecular weight is 421 g/mol. The van der Waals surface area contributed by atoms with Gasteiger partial charge in [0.1, 0.15) is 0 Å². The van der Waals surface area contributed by atoms with Crippen LogP contribution in [0.15, 0.2) is 24.3 Å². The summed E-state index contributed by atoms with van der Waals surface area (Å²) < 4.78 is 0. The number of nitrogens with zero attached hydrogens (tertiary/aromatic N) is 1. The minimum absolute atomic E-state index is 0.0194. The monoisotopic (exact) mass is 420 g/mol. The van der Waals surface area contributed by atoms with E-state index in [9.17, 15) is 0 Å². The zero-order chi connectivity index (χ0) is 24.0. The van der Waals surface area contributed by atoms with E-state index in [1.807, 2.05) is 0 Å². The van der Waals surface area contributed by atoms with Crippen LogP contribution >= 0.6 is 0 Å². The van der Waals surface area contributed by atoms with E-state index in [0.717, 1.165) is 25.7 Å². The predicted molar refractivity (Wildman–Crippen MR) is 138 cm³/mol. The zero-order valence-corrected chi connectivity index (χ0v) is 22.9. The summed E-state index contributed by atoms with van der Waals surface area (Å²) in [5.41, 5.74) is 6.82. The van der Waals surface area contributed by atoms with Crippen LogP contribution in [-0.4, -0.2) is 28.1 Å². The average Bonchev–Trinajstić information content (AvgIpc) is 2.51. The molecule has 0 aliphatic carbocycles. The number of nitrogens with two attached hydrogens (primary N) is 1. The molecular formula is C28H56N2. The lowest BCUT2D eigenvalue weighted by molar-refractivity contribution is -0.0909. The lowest BCUT2D eigenvalue weighted by atomic mass is 9.68. The summed E-state index contributed by atoms with van der Waals surface area (Å²) in [6, 6.07) is 0. The summed E-state index contributed by atoms with van der Waals surface area (Å²) in [6.07, 6.45) is 13.8. The van der Waals surface area contributed by atoms with Gasteiger partial charge < -0.3 is 5.73 Å². The van der Waals surface area contributed by atoms with Crippen molar-refractivity contribution in [1.29, 1.82) is 0 Å². The van der Waals surface area contributed by atoms with Crippen LogP contribution in [0.25, 0.3) is 0 Å². The van der Waals surface area contributed by atoms with Crippen LogP contribution in [0.2, 0.25) is 0 Å². The minimum Gasteiger partial charge on any atom is -0.329 e. The number of hydrogen-bond acceptors (Lipinski definition) is 2. The second-order valence-corrected chi connectivity index (χ2v) is 13.0. The molecule has 0 amide bonds. The van der Waals surface area contributed by atoms with Gasteiger partial charge in [0.25, 0.3) is 0 Å². The molecule has 0 aromatic rings. The van der Waals surface area contributed by atoms with Crippen molar-refractivity contribution >= 4 is 0 Å². The molecule has 0 saturated heterocycles. The summed E-state index contributed by atoms with van der Waals surface area (Å²) in [5, 5.41) is 0. The van der Waals surface area contributed by atoms with Crippen molar-refractivity contribution < 1.29 is 0 Å². The van der Waals surface area contributed by atoms with E-state index < -0.39 is 0 Å². The summed E-state index contributed by atoms with van der Waals surface area (Å²) >= 11 is 0. The summed E-state index contributed by atoms with van der Waals surface area (Å²) in [6.45, 7) is 31.1. The van der Waals surface area contributed by atoms with Gasteiger partial charge >= 0.3 is 0 Å². The SMILES string of the molecule is CC=CC(C=CC)(CC(C)C)N(C(C)(CC)CC(C)(C)C)C(C)(CN)CC(C)(C)C. The summed E-state index contributed by atoms with van der Waals surface area (Å²) in [4.78, 5) is 2.85. The molecule has 0 bridgehead atoms. The molecule has 0 spiro atoms. The second kappa shape index (κ2) is 10.8. The van der Waals surface area contributed by atoms with Crippen molar-refractivity contribution in [1.82, 2.24) is 4.90 Å². The van der Waals surface area contributed by atoms with Crippen molar-refractivity contribution in [3.8, 4) is 0 Å². The zero-order valence-electron chi connectivity index (χ0n) is 22.9. The van der Waals surface area contributed by atoms with E-state index in [4.69, 9.17) is 5.73 Å². The molecule has 2 N–H and O–H groups in total. The fraction of sp³-hybridized carbons (Fsp3) is 0.857. The van der Waals surface area contributed by atoms with E-state index in [0.29, 0.717) is 12.5 Å². The van der Waals surface area contributed by atoms with Gasteiger partial charge in [-0.3, -0.25) is 4.90 Å². The van der Waals surface area contributed by atoms with Gasteiger partial charge in [0, 0.05) is 17.6 Å². The van der Waals surface area contributed by atoms with Crippen LogP contribution < -0.4 is 5.73 Å². The molecule has 0 heterocycles. The Morgan fingerprint density at radius 1 is 0.767 bits per heavy atom. The summed E-state index contributed by atoms with van der Waals surface area (Å²) in [7, 11) is 0. The van der Waals surface area contributed by atoms with Crippen molar-refractivity contribution in [3.05, 3.63) is 24.3 Å². The maximum atomic E-state index is 6.66. The van der Waals surface area contributed by atoms with E-state index in [2.05, 4.69) is 119 Å². The first-order valence-corrected chi connectivity index (χ1v) is 12.2. The largest absolute Gasteiger partial charge is 0.329 e. The Kier molecular flexibility index (Phi) is 10.6. The van der Waals surface area contributed by atoms with Gasteiger partial charge in [-0.05, 0) is 70.1 Å². The van der Waals surface area contributed by atoms with Crippen molar-refractivity contribution in [2.75, 3.05) is 6.54 Å². The molecule has 30 heavy (non-hydrogen) atoms. The molecule has 0 aliphatic rings. The van der Waals surface area contributed by atoms with Gasteiger partial charge in [-0.2, -0.15) is 0 Å². The van der Waals surface area contributed by atoms with Crippen molar-refractivity contribution in [2.24, 2.45) is 22.5 Å². The molecule has 0 aliphatic heterocycles. The van der Waals surface area contributed by atoms with Crippen molar-refractivity contribution in [2.45, 2.75) is 132 Å². The first-order chi connectivity index (χ1) is 13.4. The van der Waals surface area contributed by atoms with Gasteiger partial charge in [0.15, 0.2) is 0 Å². The molecule has 0 aromatic heterocycles. The first-order valence-electron chi connectivity index (χ1n) is 12.2. The van der Waals surface area contributed by atoms with Gasteiger partial charge in [0.2, 0.25) is 0 Å². The Hall–Kier alpha value is -0.600. The topological polar surface area (TPSA) is 29.3 Å². The van der Waals surface area contributed by atoms with Gasteiger partial charge in [-0.25, -0.2) is 0 Å². The molecule has 2 nitrogen and oxygen atoms in total. The van der Waals surface area contributed by atoms with E-state index in [-0.39, 0.29) is 27.4 Å². The first kappa shape index (κ1) is 29.4. The maximum Gasteiger partial charge on any atom is 0.0587 e. The molecule has 178 valence electrons. The second-order valence-electron chi connectivity index (χ2n) is 13.0. The van der Waals surface area contributed by atoms with E-state index in [1.54, 1.807) is 0 Å². The summed E-state index contributed by atoms with van der Waals surface area (Å²) in [5.74, 6) is 0.576. The van der Waals surface area contributed by atoms with Crippen LogP contribution in [0.4, 0.5) is 0 Å². The quantitative estimate of drug-likeness (QED) is 0.343. The fourth-order valence-electron chi connectivity index (χ4n) is 6.21. The molecule has 0 aromatic carbocycles. The number of allylic oxidation sites excluding steroid dienone is 2. The van der Waals surface area contributed by atoms with Gasteiger partial charge in [-0.1, -0.05) is 86.6 Å². The highest BCUT2D eigenvalue weighted by atomic mass is 15.3. The van der Waals surface area contributed by atoms with Crippen LogP contribution in [0, 0.1) is 16.7 Å². The van der Waals surface area contributed by atoms with E-state index >= 15 is 0 Å². The smallest absolute Gasteiger partial charge is 0.0587 e. The highest BCUT2D eigenvalue weighted by Crippen LogP contribution is 2.48. The molecule has 2 heteroatoms. The maximum absolute atomic E-state index is 6.66. The fourth-order valence-corrected chi connectivity index (χ4v) is 6.21.